The van der Waals surface area contributed by atoms with Crippen LogP contribution in [0.1, 0.15) is 117 Å². The van der Waals surface area contributed by atoms with Crippen molar-refractivity contribution >= 4 is 13.2 Å². The van der Waals surface area contributed by atoms with Crippen molar-refractivity contribution in [3.63, 3.8) is 0 Å². The molecule has 0 aliphatic carbocycles. The number of unbranched alkanes of at least 4 members (excludes halogenated alkanes) is 14. The summed E-state index contributed by atoms with van der Waals surface area (Å²) in [4.78, 5) is 0. The van der Waals surface area contributed by atoms with Crippen LogP contribution >= 0.6 is 7.92 Å². The lowest BCUT2D eigenvalue weighted by atomic mass is 10.1. The molecule has 0 aliphatic rings. The Labute approximate surface area is 172 Å². The van der Waals surface area contributed by atoms with Crippen molar-refractivity contribution in [2.75, 3.05) is 12.3 Å². The van der Waals surface area contributed by atoms with Gasteiger partial charge in [0.15, 0.2) is 0 Å². The maximum Gasteiger partial charge on any atom is -0.0240 e. The van der Waals surface area contributed by atoms with Crippen molar-refractivity contribution in [3.8, 4) is 0 Å². The Morgan fingerprint density at radius 3 is 1.26 bits per heavy atom. The smallest absolute Gasteiger partial charge is 0.0240 e. The minimum atomic E-state index is 0.0838. The zero-order valence-electron chi connectivity index (χ0n) is 18.6. The lowest BCUT2D eigenvalue weighted by Gasteiger charge is -2.18. The fraction of sp³-hybridized carbons (Fsp3) is 0.769. The van der Waals surface area contributed by atoms with E-state index in [2.05, 4.69) is 44.2 Å². The van der Waals surface area contributed by atoms with Crippen molar-refractivity contribution < 1.29 is 0 Å². The van der Waals surface area contributed by atoms with Crippen LogP contribution in [-0.2, 0) is 0 Å². The van der Waals surface area contributed by atoms with Crippen molar-refractivity contribution in [2.45, 2.75) is 117 Å². The summed E-state index contributed by atoms with van der Waals surface area (Å²) in [7, 11) is 0.0838. The van der Waals surface area contributed by atoms with Gasteiger partial charge in [-0.3, -0.25) is 0 Å². The summed E-state index contributed by atoms with van der Waals surface area (Å²) in [6.45, 7) is 4.61. The summed E-state index contributed by atoms with van der Waals surface area (Å²) >= 11 is 0. The monoisotopic (exact) mass is 390 g/mol. The molecular formula is C26H47P. The van der Waals surface area contributed by atoms with Crippen LogP contribution in [0.3, 0.4) is 0 Å². The molecule has 0 nitrogen and oxygen atoms in total. The first-order chi connectivity index (χ1) is 13.4. The first-order valence-corrected chi connectivity index (χ1v) is 13.9. The van der Waals surface area contributed by atoms with Crippen molar-refractivity contribution in [1.29, 1.82) is 0 Å². The van der Waals surface area contributed by atoms with E-state index in [1.807, 2.05) is 0 Å². The molecule has 0 atom stereocenters. The Bertz CT molecular complexity index is 380. The predicted octanol–water partition coefficient (Wildman–Crippen LogP) is 9.08. The lowest BCUT2D eigenvalue weighted by molar-refractivity contribution is 0.584. The molecule has 1 rings (SSSR count). The zero-order valence-corrected chi connectivity index (χ0v) is 19.5. The van der Waals surface area contributed by atoms with Gasteiger partial charge in [0, 0.05) is 0 Å². The van der Waals surface area contributed by atoms with Gasteiger partial charge in [0.1, 0.15) is 0 Å². The van der Waals surface area contributed by atoms with Crippen LogP contribution in [0.15, 0.2) is 30.3 Å². The van der Waals surface area contributed by atoms with Gasteiger partial charge in [-0.25, -0.2) is 0 Å². The quantitative estimate of drug-likeness (QED) is 0.163. The molecule has 0 bridgehead atoms. The largest absolute Gasteiger partial charge is 0.0753 e. The van der Waals surface area contributed by atoms with Crippen LogP contribution in [0, 0.1) is 0 Å². The minimum Gasteiger partial charge on any atom is -0.0753 e. The van der Waals surface area contributed by atoms with Crippen molar-refractivity contribution in [2.24, 2.45) is 0 Å². The Kier molecular flexibility index (Phi) is 17.4. The molecule has 0 saturated carbocycles. The third-order valence-corrected chi connectivity index (χ3v) is 8.43. The van der Waals surface area contributed by atoms with Gasteiger partial charge < -0.3 is 0 Å². The summed E-state index contributed by atoms with van der Waals surface area (Å²) < 4.78 is 0. The Balaban J connectivity index is 2.17. The van der Waals surface area contributed by atoms with Crippen LogP contribution in [0.5, 0.6) is 0 Å². The number of rotatable bonds is 19. The van der Waals surface area contributed by atoms with Crippen LogP contribution in [0.4, 0.5) is 0 Å². The SMILES string of the molecule is CCCCCCCCCCP(CCCCCCCCCC)c1ccccc1. The normalized spacial score (nSPS) is 11.4. The van der Waals surface area contributed by atoms with Gasteiger partial charge >= 0.3 is 0 Å². The molecule has 1 aromatic rings. The van der Waals surface area contributed by atoms with Crippen LogP contribution in [0.25, 0.3) is 0 Å². The first-order valence-electron chi connectivity index (χ1n) is 12.2. The van der Waals surface area contributed by atoms with Crippen LogP contribution < -0.4 is 5.30 Å². The van der Waals surface area contributed by atoms with E-state index >= 15 is 0 Å². The average molecular weight is 391 g/mol. The third-order valence-electron chi connectivity index (χ3n) is 5.68. The Hall–Kier alpha value is -0.350. The van der Waals surface area contributed by atoms with E-state index < -0.39 is 0 Å². The Morgan fingerprint density at radius 1 is 0.481 bits per heavy atom. The predicted molar refractivity (Wildman–Crippen MR) is 128 cm³/mol. The summed E-state index contributed by atoms with van der Waals surface area (Å²) in [5.41, 5.74) is 0. The first kappa shape index (κ1) is 24.7. The molecule has 0 saturated heterocycles. The molecule has 0 heterocycles. The second-order valence-electron chi connectivity index (χ2n) is 8.27. The molecule has 156 valence electrons. The molecule has 0 aromatic heterocycles. The summed E-state index contributed by atoms with van der Waals surface area (Å²) in [6, 6.07) is 11.4. The second kappa shape index (κ2) is 19.0. The molecule has 1 heteroatoms. The molecule has 0 radical (unpaired) electrons. The van der Waals surface area contributed by atoms with E-state index in [9.17, 15) is 0 Å². The molecule has 0 fully saturated rings. The van der Waals surface area contributed by atoms with E-state index in [0.717, 1.165) is 0 Å². The van der Waals surface area contributed by atoms with Crippen molar-refractivity contribution in [3.05, 3.63) is 30.3 Å². The highest BCUT2D eigenvalue weighted by Gasteiger charge is 2.10. The van der Waals surface area contributed by atoms with Crippen LogP contribution in [0.2, 0.25) is 0 Å². The summed E-state index contributed by atoms with van der Waals surface area (Å²) in [5.74, 6) is 0. The van der Waals surface area contributed by atoms with Gasteiger partial charge in [0.2, 0.25) is 0 Å². The molecule has 0 N–H and O–H groups in total. The number of hydrogen-bond donors (Lipinski definition) is 0. The van der Waals surface area contributed by atoms with Gasteiger partial charge in [-0.05, 0) is 30.5 Å². The van der Waals surface area contributed by atoms with Gasteiger partial charge in [-0.15, -0.1) is 0 Å². The zero-order chi connectivity index (χ0) is 19.4. The molecular weight excluding hydrogens is 343 g/mol. The van der Waals surface area contributed by atoms with E-state index in [1.54, 1.807) is 5.30 Å². The van der Waals surface area contributed by atoms with Crippen LogP contribution in [-0.4, -0.2) is 12.3 Å². The second-order valence-corrected chi connectivity index (χ2v) is 10.8. The lowest BCUT2D eigenvalue weighted by Crippen LogP contribution is -2.06. The highest BCUT2D eigenvalue weighted by atomic mass is 31.1. The highest BCUT2D eigenvalue weighted by Crippen LogP contribution is 2.37. The van der Waals surface area contributed by atoms with E-state index in [-0.39, 0.29) is 7.92 Å². The van der Waals surface area contributed by atoms with E-state index in [4.69, 9.17) is 0 Å². The number of benzene rings is 1. The molecule has 27 heavy (non-hydrogen) atoms. The molecule has 0 unspecified atom stereocenters. The topological polar surface area (TPSA) is 0 Å². The van der Waals surface area contributed by atoms with Gasteiger partial charge in [-0.2, -0.15) is 0 Å². The van der Waals surface area contributed by atoms with Gasteiger partial charge in [0.25, 0.3) is 0 Å². The minimum absolute atomic E-state index is 0.0838. The molecule has 0 spiro atoms. The van der Waals surface area contributed by atoms with E-state index in [0.29, 0.717) is 0 Å². The van der Waals surface area contributed by atoms with Crippen molar-refractivity contribution in [1.82, 2.24) is 0 Å². The van der Waals surface area contributed by atoms with E-state index in [1.165, 1.54) is 115 Å². The van der Waals surface area contributed by atoms with Gasteiger partial charge in [0.05, 0.1) is 0 Å². The molecule has 0 amide bonds. The maximum atomic E-state index is 2.39. The fourth-order valence-electron chi connectivity index (χ4n) is 3.88. The standard InChI is InChI=1S/C26H47P/c1-3-5-7-9-11-13-15-20-24-27(26-22-18-17-19-23-26)25-21-16-14-12-10-8-6-4-2/h17-19,22-23H,3-16,20-21,24-25H2,1-2H3. The Morgan fingerprint density at radius 2 is 0.852 bits per heavy atom. The third kappa shape index (κ3) is 14.3. The fourth-order valence-corrected chi connectivity index (χ4v) is 6.43. The molecule has 1 aromatic carbocycles. The summed E-state index contributed by atoms with van der Waals surface area (Å²) in [5, 5.41) is 1.65. The number of hydrogen-bond acceptors (Lipinski definition) is 0. The maximum absolute atomic E-state index is 2.39. The summed E-state index contributed by atoms with van der Waals surface area (Å²) in [6.07, 6.45) is 26.0. The molecule has 0 aliphatic heterocycles. The average Bonchev–Trinajstić information content (AvgIpc) is 2.71. The highest BCUT2D eigenvalue weighted by molar-refractivity contribution is 7.65. The van der Waals surface area contributed by atoms with Gasteiger partial charge in [-0.1, -0.05) is 142 Å².